The van der Waals surface area contributed by atoms with Crippen molar-refractivity contribution >= 4 is 0 Å². The van der Waals surface area contributed by atoms with E-state index in [2.05, 4.69) is 24.1 Å². The summed E-state index contributed by atoms with van der Waals surface area (Å²) in [5.41, 5.74) is 0. The SMILES string of the molecule is CCNCCCN1CCC(CC)C1. The van der Waals surface area contributed by atoms with Gasteiger partial charge in [0.2, 0.25) is 0 Å². The molecule has 1 heterocycles. The van der Waals surface area contributed by atoms with E-state index in [0.717, 1.165) is 12.5 Å². The second-order valence-electron chi connectivity index (χ2n) is 4.07. The summed E-state index contributed by atoms with van der Waals surface area (Å²) in [4.78, 5) is 2.62. The molecular weight excluding hydrogens is 160 g/mol. The lowest BCUT2D eigenvalue weighted by Gasteiger charge is -2.15. The Morgan fingerprint density at radius 2 is 2.23 bits per heavy atom. The van der Waals surface area contributed by atoms with E-state index in [-0.39, 0.29) is 0 Å². The van der Waals surface area contributed by atoms with Crippen LogP contribution in [0.4, 0.5) is 0 Å². The van der Waals surface area contributed by atoms with E-state index in [9.17, 15) is 0 Å². The molecule has 1 saturated heterocycles. The highest BCUT2D eigenvalue weighted by atomic mass is 15.1. The number of likely N-dealkylation sites (tertiary alicyclic amines) is 1. The van der Waals surface area contributed by atoms with Gasteiger partial charge in [0, 0.05) is 6.54 Å². The molecule has 1 rings (SSSR count). The average Bonchev–Trinajstić information content (AvgIpc) is 2.60. The quantitative estimate of drug-likeness (QED) is 0.632. The Morgan fingerprint density at radius 1 is 1.38 bits per heavy atom. The molecule has 1 fully saturated rings. The van der Waals surface area contributed by atoms with Crippen LogP contribution in [0.1, 0.15) is 33.1 Å². The molecular formula is C11H24N2. The van der Waals surface area contributed by atoms with E-state index in [1.54, 1.807) is 0 Å². The number of nitrogens with zero attached hydrogens (tertiary/aromatic N) is 1. The molecule has 1 N–H and O–H groups in total. The molecule has 0 amide bonds. The molecule has 0 aromatic carbocycles. The number of rotatable bonds is 6. The van der Waals surface area contributed by atoms with Crippen LogP contribution in [0, 0.1) is 5.92 Å². The zero-order valence-corrected chi connectivity index (χ0v) is 9.18. The molecule has 1 atom stereocenters. The van der Waals surface area contributed by atoms with E-state index in [1.807, 2.05) is 0 Å². The van der Waals surface area contributed by atoms with Crippen LogP contribution in [-0.2, 0) is 0 Å². The number of nitrogens with one attached hydrogen (secondary N) is 1. The minimum atomic E-state index is 0.985. The van der Waals surface area contributed by atoms with Crippen LogP contribution in [0.2, 0.25) is 0 Å². The van der Waals surface area contributed by atoms with Crippen LogP contribution >= 0.6 is 0 Å². The van der Waals surface area contributed by atoms with Crippen LogP contribution in [0.3, 0.4) is 0 Å². The van der Waals surface area contributed by atoms with Gasteiger partial charge < -0.3 is 10.2 Å². The first-order valence-corrected chi connectivity index (χ1v) is 5.79. The first-order chi connectivity index (χ1) is 6.36. The fraction of sp³-hybridized carbons (Fsp3) is 1.00. The molecule has 0 aromatic heterocycles. The summed E-state index contributed by atoms with van der Waals surface area (Å²) in [7, 11) is 0. The molecule has 0 bridgehead atoms. The Bertz CT molecular complexity index is 125. The first kappa shape index (κ1) is 11.0. The van der Waals surface area contributed by atoms with Crippen molar-refractivity contribution in [3.8, 4) is 0 Å². The molecule has 1 unspecified atom stereocenters. The minimum absolute atomic E-state index is 0.985. The van der Waals surface area contributed by atoms with E-state index < -0.39 is 0 Å². The molecule has 0 saturated carbocycles. The Labute approximate surface area is 82.7 Å². The lowest BCUT2D eigenvalue weighted by Crippen LogP contribution is -2.25. The van der Waals surface area contributed by atoms with Gasteiger partial charge in [0.15, 0.2) is 0 Å². The van der Waals surface area contributed by atoms with E-state index in [0.29, 0.717) is 0 Å². The zero-order valence-electron chi connectivity index (χ0n) is 9.18. The van der Waals surface area contributed by atoms with Crippen molar-refractivity contribution in [3.63, 3.8) is 0 Å². The van der Waals surface area contributed by atoms with E-state index in [1.165, 1.54) is 45.4 Å². The number of hydrogen-bond donors (Lipinski definition) is 1. The average molecular weight is 184 g/mol. The molecule has 0 aliphatic carbocycles. The molecule has 13 heavy (non-hydrogen) atoms. The number of hydrogen-bond acceptors (Lipinski definition) is 2. The van der Waals surface area contributed by atoms with E-state index >= 15 is 0 Å². The summed E-state index contributed by atoms with van der Waals surface area (Å²) >= 11 is 0. The maximum Gasteiger partial charge on any atom is 0.00100 e. The lowest BCUT2D eigenvalue weighted by atomic mass is 10.1. The van der Waals surface area contributed by atoms with Crippen molar-refractivity contribution in [1.82, 2.24) is 10.2 Å². The summed E-state index contributed by atoms with van der Waals surface area (Å²) < 4.78 is 0. The largest absolute Gasteiger partial charge is 0.317 e. The van der Waals surface area contributed by atoms with Crippen molar-refractivity contribution < 1.29 is 0 Å². The van der Waals surface area contributed by atoms with Gasteiger partial charge in [-0.2, -0.15) is 0 Å². The fourth-order valence-electron chi connectivity index (χ4n) is 2.05. The smallest absolute Gasteiger partial charge is 0.00100 e. The maximum atomic E-state index is 3.37. The lowest BCUT2D eigenvalue weighted by molar-refractivity contribution is 0.316. The maximum absolute atomic E-state index is 3.37. The molecule has 1 aliphatic rings. The predicted molar refractivity (Wildman–Crippen MR) is 58.0 cm³/mol. The molecule has 2 nitrogen and oxygen atoms in total. The van der Waals surface area contributed by atoms with Crippen LogP contribution in [0.25, 0.3) is 0 Å². The fourth-order valence-corrected chi connectivity index (χ4v) is 2.05. The monoisotopic (exact) mass is 184 g/mol. The topological polar surface area (TPSA) is 15.3 Å². The van der Waals surface area contributed by atoms with Gasteiger partial charge in [-0.05, 0) is 44.9 Å². The van der Waals surface area contributed by atoms with Crippen LogP contribution < -0.4 is 5.32 Å². The Hall–Kier alpha value is -0.0800. The molecule has 0 spiro atoms. The Balaban J connectivity index is 1.97. The first-order valence-electron chi connectivity index (χ1n) is 5.79. The zero-order chi connectivity index (χ0) is 9.52. The predicted octanol–water partition coefficient (Wildman–Crippen LogP) is 1.72. The second kappa shape index (κ2) is 6.39. The Morgan fingerprint density at radius 3 is 2.85 bits per heavy atom. The van der Waals surface area contributed by atoms with Crippen molar-refractivity contribution in [2.45, 2.75) is 33.1 Å². The van der Waals surface area contributed by atoms with Crippen LogP contribution in [0.15, 0.2) is 0 Å². The van der Waals surface area contributed by atoms with Crippen molar-refractivity contribution in [2.75, 3.05) is 32.7 Å². The van der Waals surface area contributed by atoms with Gasteiger partial charge in [-0.15, -0.1) is 0 Å². The molecule has 2 heteroatoms. The standard InChI is InChI=1S/C11H24N2/c1-3-11-6-9-13(10-11)8-5-7-12-4-2/h11-12H,3-10H2,1-2H3. The third-order valence-corrected chi connectivity index (χ3v) is 3.03. The van der Waals surface area contributed by atoms with Gasteiger partial charge in [-0.3, -0.25) is 0 Å². The highest BCUT2D eigenvalue weighted by Crippen LogP contribution is 2.18. The summed E-state index contributed by atoms with van der Waals surface area (Å²) in [5, 5.41) is 3.37. The van der Waals surface area contributed by atoms with Gasteiger partial charge in [0.05, 0.1) is 0 Å². The van der Waals surface area contributed by atoms with Crippen LogP contribution in [-0.4, -0.2) is 37.6 Å². The van der Waals surface area contributed by atoms with Gasteiger partial charge in [0.1, 0.15) is 0 Å². The van der Waals surface area contributed by atoms with E-state index in [4.69, 9.17) is 0 Å². The van der Waals surface area contributed by atoms with Crippen molar-refractivity contribution in [1.29, 1.82) is 0 Å². The molecule has 0 aromatic rings. The second-order valence-corrected chi connectivity index (χ2v) is 4.07. The van der Waals surface area contributed by atoms with Gasteiger partial charge in [-0.25, -0.2) is 0 Å². The molecule has 1 aliphatic heterocycles. The third-order valence-electron chi connectivity index (χ3n) is 3.03. The normalized spacial score (nSPS) is 24.0. The summed E-state index contributed by atoms with van der Waals surface area (Å²) in [6, 6.07) is 0. The van der Waals surface area contributed by atoms with Crippen LogP contribution in [0.5, 0.6) is 0 Å². The minimum Gasteiger partial charge on any atom is -0.317 e. The third kappa shape index (κ3) is 4.10. The van der Waals surface area contributed by atoms with Gasteiger partial charge >= 0.3 is 0 Å². The van der Waals surface area contributed by atoms with Crippen molar-refractivity contribution in [3.05, 3.63) is 0 Å². The summed E-state index contributed by atoms with van der Waals surface area (Å²) in [6.45, 7) is 10.8. The highest BCUT2D eigenvalue weighted by molar-refractivity contribution is 4.74. The van der Waals surface area contributed by atoms with Gasteiger partial charge in [0.25, 0.3) is 0 Å². The summed E-state index contributed by atoms with van der Waals surface area (Å²) in [5.74, 6) is 0.985. The van der Waals surface area contributed by atoms with Gasteiger partial charge in [-0.1, -0.05) is 20.3 Å². The van der Waals surface area contributed by atoms with Crippen molar-refractivity contribution in [2.24, 2.45) is 5.92 Å². The Kier molecular flexibility index (Phi) is 5.40. The summed E-state index contributed by atoms with van der Waals surface area (Å²) in [6.07, 6.45) is 4.10. The molecule has 0 radical (unpaired) electrons. The molecule has 78 valence electrons. The highest BCUT2D eigenvalue weighted by Gasteiger charge is 2.19.